The minimum atomic E-state index is 1.17. The fraction of sp³-hybridized carbons (Fsp3) is 0.885. The van der Waals surface area contributed by atoms with Crippen molar-refractivity contribution in [1.82, 2.24) is 4.57 Å². The summed E-state index contributed by atoms with van der Waals surface area (Å²) in [7, 11) is 0. The van der Waals surface area contributed by atoms with Gasteiger partial charge in [0.2, 0.25) is 0 Å². The average molecular weight is 392 g/mol. The predicted octanol–water partition coefficient (Wildman–Crippen LogP) is 8.01. The van der Waals surface area contributed by atoms with E-state index in [0.29, 0.717) is 0 Å². The summed E-state index contributed by atoms with van der Waals surface area (Å²) < 4.78 is 5.01. The van der Waals surface area contributed by atoms with E-state index < -0.39 is 0 Å². The number of aryl methyl sites for hydroxylation is 2. The molecular weight excluding hydrogens is 340 g/mol. The van der Waals surface area contributed by atoms with Gasteiger partial charge in [-0.05, 0) is 19.3 Å². The molecule has 164 valence electrons. The third-order valence-electron chi connectivity index (χ3n) is 6.06. The van der Waals surface area contributed by atoms with E-state index in [1.807, 2.05) is 0 Å². The highest BCUT2D eigenvalue weighted by Crippen LogP contribution is 2.14. The molecule has 0 atom stereocenters. The van der Waals surface area contributed by atoms with E-state index in [1.165, 1.54) is 129 Å². The summed E-state index contributed by atoms with van der Waals surface area (Å²) in [4.78, 5) is 0. The SMILES string of the molecule is CCCCCCCCCCCCCCCCc1n(CCCC)cc[n+]1CCC. The fourth-order valence-corrected chi connectivity index (χ4v) is 4.24. The lowest BCUT2D eigenvalue weighted by atomic mass is 10.0. The lowest BCUT2D eigenvalue weighted by Crippen LogP contribution is -2.37. The van der Waals surface area contributed by atoms with Crippen molar-refractivity contribution in [2.45, 2.75) is 149 Å². The summed E-state index contributed by atoms with van der Waals surface area (Å²) in [5, 5.41) is 0. The standard InChI is InChI=1S/C26H51N2/c1-4-7-9-10-11-12-13-14-15-16-17-18-19-20-21-26-27(22-6-3)24-25-28(26)23-8-5-2/h24-25H,4-23H2,1-3H3/q+1. The quantitative estimate of drug-likeness (QED) is 0.157. The third-order valence-corrected chi connectivity index (χ3v) is 6.06. The van der Waals surface area contributed by atoms with Crippen molar-refractivity contribution in [3.8, 4) is 0 Å². The topological polar surface area (TPSA) is 8.81 Å². The van der Waals surface area contributed by atoms with Crippen LogP contribution in [0.1, 0.15) is 136 Å². The Labute approximate surface area is 177 Å². The van der Waals surface area contributed by atoms with E-state index >= 15 is 0 Å². The Morgan fingerprint density at radius 3 is 1.61 bits per heavy atom. The maximum Gasteiger partial charge on any atom is 0.256 e. The molecule has 0 aromatic carbocycles. The second kappa shape index (κ2) is 18.3. The Hall–Kier alpha value is -0.790. The molecule has 2 heteroatoms. The van der Waals surface area contributed by atoms with Gasteiger partial charge in [-0.25, -0.2) is 9.13 Å². The van der Waals surface area contributed by atoms with Crippen molar-refractivity contribution in [3.05, 3.63) is 18.2 Å². The lowest BCUT2D eigenvalue weighted by Gasteiger charge is -2.05. The number of hydrogen-bond donors (Lipinski definition) is 0. The van der Waals surface area contributed by atoms with Crippen LogP contribution in [-0.2, 0) is 19.5 Å². The molecule has 0 radical (unpaired) electrons. The van der Waals surface area contributed by atoms with E-state index in [4.69, 9.17) is 0 Å². The predicted molar refractivity (Wildman–Crippen MR) is 124 cm³/mol. The van der Waals surface area contributed by atoms with Crippen LogP contribution in [0.3, 0.4) is 0 Å². The highest BCUT2D eigenvalue weighted by molar-refractivity contribution is 4.84. The number of aromatic nitrogens is 2. The van der Waals surface area contributed by atoms with Gasteiger partial charge in [-0.15, -0.1) is 0 Å². The van der Waals surface area contributed by atoms with Crippen LogP contribution < -0.4 is 4.57 Å². The average Bonchev–Trinajstić information content (AvgIpc) is 3.08. The van der Waals surface area contributed by atoms with Crippen molar-refractivity contribution >= 4 is 0 Å². The Bertz CT molecular complexity index is 449. The Morgan fingerprint density at radius 2 is 1.11 bits per heavy atom. The van der Waals surface area contributed by atoms with Crippen LogP contribution in [0, 0.1) is 0 Å². The molecule has 1 rings (SSSR count). The van der Waals surface area contributed by atoms with Gasteiger partial charge in [-0.1, -0.05) is 111 Å². The first-order valence-corrected chi connectivity index (χ1v) is 12.9. The maximum absolute atomic E-state index is 2.52. The number of rotatable bonds is 20. The van der Waals surface area contributed by atoms with Crippen molar-refractivity contribution in [1.29, 1.82) is 0 Å². The maximum atomic E-state index is 2.52. The zero-order chi connectivity index (χ0) is 20.3. The molecule has 1 heterocycles. The molecule has 0 bridgehead atoms. The molecule has 0 amide bonds. The minimum Gasteiger partial charge on any atom is -0.234 e. The highest BCUT2D eigenvalue weighted by atomic mass is 15.1. The Morgan fingerprint density at radius 1 is 0.607 bits per heavy atom. The molecule has 28 heavy (non-hydrogen) atoms. The van der Waals surface area contributed by atoms with Gasteiger partial charge >= 0.3 is 0 Å². The Balaban J connectivity index is 2.03. The van der Waals surface area contributed by atoms with Crippen LogP contribution >= 0.6 is 0 Å². The van der Waals surface area contributed by atoms with Gasteiger partial charge in [0.25, 0.3) is 5.82 Å². The molecule has 0 aliphatic rings. The summed E-state index contributed by atoms with van der Waals surface area (Å²) in [6, 6.07) is 0. The molecule has 0 spiro atoms. The lowest BCUT2D eigenvalue weighted by molar-refractivity contribution is -0.703. The fourth-order valence-electron chi connectivity index (χ4n) is 4.24. The van der Waals surface area contributed by atoms with Gasteiger partial charge in [-0.2, -0.15) is 0 Å². The van der Waals surface area contributed by atoms with Gasteiger partial charge in [0.05, 0.1) is 13.1 Å². The van der Waals surface area contributed by atoms with Crippen molar-refractivity contribution < 1.29 is 4.57 Å². The monoisotopic (exact) mass is 391 g/mol. The summed E-state index contributed by atoms with van der Waals surface area (Å²) in [6.45, 7) is 9.24. The van der Waals surface area contributed by atoms with Crippen LogP contribution in [0.5, 0.6) is 0 Å². The van der Waals surface area contributed by atoms with Gasteiger partial charge in [0.15, 0.2) is 0 Å². The molecular formula is C26H51N2+. The summed E-state index contributed by atoms with van der Waals surface area (Å²) >= 11 is 0. The van der Waals surface area contributed by atoms with Crippen LogP contribution in [0.2, 0.25) is 0 Å². The minimum absolute atomic E-state index is 1.17. The van der Waals surface area contributed by atoms with Crippen LogP contribution in [0.15, 0.2) is 12.4 Å². The van der Waals surface area contributed by atoms with Crippen molar-refractivity contribution in [3.63, 3.8) is 0 Å². The molecule has 1 aromatic rings. The first kappa shape index (κ1) is 25.2. The van der Waals surface area contributed by atoms with Crippen molar-refractivity contribution in [2.24, 2.45) is 0 Å². The number of imidazole rings is 1. The molecule has 0 fully saturated rings. The first-order valence-electron chi connectivity index (χ1n) is 12.9. The van der Waals surface area contributed by atoms with Crippen LogP contribution in [0.25, 0.3) is 0 Å². The zero-order valence-corrected chi connectivity index (χ0v) is 19.7. The summed E-state index contributed by atoms with van der Waals surface area (Å²) in [5.41, 5.74) is 0. The number of nitrogens with zero attached hydrogens (tertiary/aromatic N) is 2. The highest BCUT2D eigenvalue weighted by Gasteiger charge is 2.15. The van der Waals surface area contributed by atoms with Crippen LogP contribution in [0.4, 0.5) is 0 Å². The summed E-state index contributed by atoms with van der Waals surface area (Å²) in [5.74, 6) is 1.56. The molecule has 0 aliphatic carbocycles. The number of unbranched alkanes of at least 4 members (excludes halogenated alkanes) is 14. The van der Waals surface area contributed by atoms with E-state index in [-0.39, 0.29) is 0 Å². The molecule has 0 saturated heterocycles. The third kappa shape index (κ3) is 11.9. The van der Waals surface area contributed by atoms with E-state index in [1.54, 1.807) is 5.82 Å². The molecule has 0 saturated carbocycles. The molecule has 2 nitrogen and oxygen atoms in total. The number of hydrogen-bond acceptors (Lipinski definition) is 0. The normalized spacial score (nSPS) is 11.4. The molecule has 0 unspecified atom stereocenters. The zero-order valence-electron chi connectivity index (χ0n) is 19.7. The van der Waals surface area contributed by atoms with Crippen LogP contribution in [-0.4, -0.2) is 4.57 Å². The summed E-state index contributed by atoms with van der Waals surface area (Å²) in [6.07, 6.45) is 29.8. The van der Waals surface area contributed by atoms with Gasteiger partial charge in [0, 0.05) is 6.42 Å². The van der Waals surface area contributed by atoms with Gasteiger partial charge < -0.3 is 0 Å². The van der Waals surface area contributed by atoms with Crippen molar-refractivity contribution in [2.75, 3.05) is 0 Å². The molecule has 1 aromatic heterocycles. The second-order valence-corrected chi connectivity index (χ2v) is 8.80. The van der Waals surface area contributed by atoms with Gasteiger partial charge in [0.1, 0.15) is 12.4 Å². The van der Waals surface area contributed by atoms with Gasteiger partial charge in [-0.3, -0.25) is 0 Å². The smallest absolute Gasteiger partial charge is 0.234 e. The van der Waals surface area contributed by atoms with E-state index in [9.17, 15) is 0 Å². The van der Waals surface area contributed by atoms with E-state index in [2.05, 4.69) is 42.3 Å². The molecule has 0 aliphatic heterocycles. The van der Waals surface area contributed by atoms with E-state index in [0.717, 1.165) is 0 Å². The largest absolute Gasteiger partial charge is 0.256 e. The second-order valence-electron chi connectivity index (χ2n) is 8.80. The molecule has 0 N–H and O–H groups in total. The Kier molecular flexibility index (Phi) is 16.5. The first-order chi connectivity index (χ1) is 13.8.